The average Bonchev–Trinajstić information content (AvgIpc) is 2.61. The van der Waals surface area contributed by atoms with E-state index in [0.29, 0.717) is 15.8 Å². The standard InChI is InChI=1S/C19H19Cl2NO4/c1-12-5-3-4-6-17(12)25-11-19(24)26-10-18(23)22-13(2)14-7-8-15(20)16(21)9-14/h3-9,13H,10-11H2,1-2H3,(H,22,23). The maximum atomic E-state index is 11.9. The summed E-state index contributed by atoms with van der Waals surface area (Å²) in [5, 5.41) is 3.57. The highest BCUT2D eigenvalue weighted by Crippen LogP contribution is 2.25. The van der Waals surface area contributed by atoms with Gasteiger partial charge in [-0.05, 0) is 43.2 Å². The summed E-state index contributed by atoms with van der Waals surface area (Å²) in [4.78, 5) is 23.6. The molecule has 1 unspecified atom stereocenters. The molecular formula is C19H19Cl2NO4. The molecule has 0 spiro atoms. The summed E-state index contributed by atoms with van der Waals surface area (Å²) in [7, 11) is 0. The van der Waals surface area contributed by atoms with E-state index in [-0.39, 0.29) is 19.3 Å². The second-order valence-electron chi connectivity index (χ2n) is 5.68. The second kappa shape index (κ2) is 9.46. The Balaban J connectivity index is 1.76. The average molecular weight is 396 g/mol. The van der Waals surface area contributed by atoms with Crippen molar-refractivity contribution in [3.63, 3.8) is 0 Å². The molecule has 2 rings (SSSR count). The number of amides is 1. The molecule has 5 nitrogen and oxygen atoms in total. The van der Waals surface area contributed by atoms with E-state index in [1.807, 2.05) is 25.1 Å². The van der Waals surface area contributed by atoms with Gasteiger partial charge < -0.3 is 14.8 Å². The fourth-order valence-corrected chi connectivity index (χ4v) is 2.50. The van der Waals surface area contributed by atoms with Crippen molar-refractivity contribution in [2.45, 2.75) is 19.9 Å². The molecular weight excluding hydrogens is 377 g/mol. The molecule has 0 bridgehead atoms. The van der Waals surface area contributed by atoms with Crippen LogP contribution in [0.3, 0.4) is 0 Å². The minimum atomic E-state index is -0.620. The number of halogens is 2. The SMILES string of the molecule is Cc1ccccc1OCC(=O)OCC(=O)NC(C)c1ccc(Cl)c(Cl)c1. The molecule has 0 aliphatic carbocycles. The predicted molar refractivity (Wildman–Crippen MR) is 101 cm³/mol. The van der Waals surface area contributed by atoms with Gasteiger partial charge in [-0.2, -0.15) is 0 Å². The van der Waals surface area contributed by atoms with E-state index < -0.39 is 11.9 Å². The Labute approximate surface area is 162 Å². The molecule has 0 radical (unpaired) electrons. The van der Waals surface area contributed by atoms with Crippen LogP contribution in [0, 0.1) is 6.92 Å². The van der Waals surface area contributed by atoms with Crippen LogP contribution in [0.15, 0.2) is 42.5 Å². The quantitative estimate of drug-likeness (QED) is 0.716. The van der Waals surface area contributed by atoms with E-state index in [2.05, 4.69) is 5.32 Å². The second-order valence-corrected chi connectivity index (χ2v) is 6.49. The van der Waals surface area contributed by atoms with Crippen LogP contribution in [-0.2, 0) is 14.3 Å². The number of nitrogens with one attached hydrogen (secondary N) is 1. The molecule has 0 saturated heterocycles. The van der Waals surface area contributed by atoms with E-state index in [1.54, 1.807) is 31.2 Å². The van der Waals surface area contributed by atoms with Crippen LogP contribution >= 0.6 is 23.2 Å². The Hall–Kier alpha value is -2.24. The zero-order valence-electron chi connectivity index (χ0n) is 14.4. The lowest BCUT2D eigenvalue weighted by Crippen LogP contribution is -2.32. The maximum Gasteiger partial charge on any atom is 0.344 e. The minimum absolute atomic E-state index is 0.263. The third-order valence-corrected chi connectivity index (χ3v) is 4.36. The minimum Gasteiger partial charge on any atom is -0.482 e. The first-order chi connectivity index (χ1) is 12.4. The van der Waals surface area contributed by atoms with Crippen LogP contribution in [0.1, 0.15) is 24.1 Å². The van der Waals surface area contributed by atoms with E-state index >= 15 is 0 Å². The summed E-state index contributed by atoms with van der Waals surface area (Å²) in [6.45, 7) is 3.02. The highest BCUT2D eigenvalue weighted by Gasteiger charge is 2.13. The highest BCUT2D eigenvalue weighted by atomic mass is 35.5. The van der Waals surface area contributed by atoms with Gasteiger partial charge in [0.15, 0.2) is 13.2 Å². The van der Waals surface area contributed by atoms with Crippen molar-refractivity contribution in [3.05, 3.63) is 63.6 Å². The number of rotatable bonds is 7. The molecule has 1 N–H and O–H groups in total. The lowest BCUT2D eigenvalue weighted by Gasteiger charge is -2.15. The van der Waals surface area contributed by atoms with E-state index in [4.69, 9.17) is 32.7 Å². The summed E-state index contributed by atoms with van der Waals surface area (Å²) in [6, 6.07) is 12.1. The van der Waals surface area contributed by atoms with Crippen molar-refractivity contribution < 1.29 is 19.1 Å². The fourth-order valence-electron chi connectivity index (χ4n) is 2.19. The van der Waals surface area contributed by atoms with Gasteiger partial charge in [0.25, 0.3) is 5.91 Å². The van der Waals surface area contributed by atoms with Gasteiger partial charge in [0.1, 0.15) is 5.75 Å². The molecule has 26 heavy (non-hydrogen) atoms. The zero-order chi connectivity index (χ0) is 19.1. The van der Waals surface area contributed by atoms with Gasteiger partial charge in [-0.1, -0.05) is 47.5 Å². The number of hydrogen-bond acceptors (Lipinski definition) is 4. The van der Waals surface area contributed by atoms with Gasteiger partial charge in [-0.15, -0.1) is 0 Å². The molecule has 0 fully saturated rings. The summed E-state index contributed by atoms with van der Waals surface area (Å²) in [6.07, 6.45) is 0. The Morgan fingerprint density at radius 1 is 1.08 bits per heavy atom. The van der Waals surface area contributed by atoms with Gasteiger partial charge >= 0.3 is 5.97 Å². The monoisotopic (exact) mass is 395 g/mol. The molecule has 0 aliphatic heterocycles. The van der Waals surface area contributed by atoms with Crippen LogP contribution in [0.2, 0.25) is 10.0 Å². The topological polar surface area (TPSA) is 64.6 Å². The van der Waals surface area contributed by atoms with Crippen LogP contribution in [0.5, 0.6) is 5.75 Å². The van der Waals surface area contributed by atoms with E-state index in [1.165, 1.54) is 0 Å². The molecule has 2 aromatic carbocycles. The van der Waals surface area contributed by atoms with E-state index in [9.17, 15) is 9.59 Å². The van der Waals surface area contributed by atoms with Gasteiger partial charge in [0, 0.05) is 0 Å². The third kappa shape index (κ3) is 5.93. The maximum absolute atomic E-state index is 11.9. The third-order valence-electron chi connectivity index (χ3n) is 3.62. The van der Waals surface area contributed by atoms with Crippen molar-refractivity contribution in [1.82, 2.24) is 5.32 Å². The van der Waals surface area contributed by atoms with Crippen molar-refractivity contribution in [2.75, 3.05) is 13.2 Å². The predicted octanol–water partition coefficient (Wildman–Crippen LogP) is 4.10. The summed E-state index contributed by atoms with van der Waals surface area (Å²) in [5.41, 5.74) is 1.70. The normalized spacial score (nSPS) is 11.5. The summed E-state index contributed by atoms with van der Waals surface area (Å²) < 4.78 is 10.3. The van der Waals surface area contributed by atoms with Crippen molar-refractivity contribution in [2.24, 2.45) is 0 Å². The molecule has 0 heterocycles. The number of carbonyl (C=O) groups excluding carboxylic acids is 2. The van der Waals surface area contributed by atoms with Gasteiger partial charge in [0.2, 0.25) is 0 Å². The van der Waals surface area contributed by atoms with Crippen LogP contribution in [0.4, 0.5) is 0 Å². The Bertz CT molecular complexity index is 795. The van der Waals surface area contributed by atoms with Crippen molar-refractivity contribution >= 4 is 35.1 Å². The molecule has 2 aromatic rings. The number of ether oxygens (including phenoxy) is 2. The Kier molecular flexibility index (Phi) is 7.30. The lowest BCUT2D eigenvalue weighted by atomic mass is 10.1. The Morgan fingerprint density at radius 2 is 1.81 bits per heavy atom. The van der Waals surface area contributed by atoms with Crippen LogP contribution in [0.25, 0.3) is 0 Å². The van der Waals surface area contributed by atoms with Gasteiger partial charge in [-0.3, -0.25) is 4.79 Å². The number of aryl methyl sites for hydroxylation is 1. The summed E-state index contributed by atoms with van der Waals surface area (Å²) >= 11 is 11.8. The highest BCUT2D eigenvalue weighted by molar-refractivity contribution is 6.42. The molecule has 0 aliphatic rings. The molecule has 1 atom stereocenters. The first-order valence-electron chi connectivity index (χ1n) is 7.95. The molecule has 7 heteroatoms. The number of para-hydroxylation sites is 1. The van der Waals surface area contributed by atoms with Crippen LogP contribution < -0.4 is 10.1 Å². The van der Waals surface area contributed by atoms with Gasteiger partial charge in [-0.25, -0.2) is 4.79 Å². The molecule has 0 aromatic heterocycles. The summed E-state index contributed by atoms with van der Waals surface area (Å²) in [5.74, 6) is -0.444. The first-order valence-corrected chi connectivity index (χ1v) is 8.70. The van der Waals surface area contributed by atoms with Crippen LogP contribution in [-0.4, -0.2) is 25.1 Å². The fraction of sp³-hybridized carbons (Fsp3) is 0.263. The van der Waals surface area contributed by atoms with Crippen molar-refractivity contribution in [1.29, 1.82) is 0 Å². The number of benzene rings is 2. The number of carbonyl (C=O) groups is 2. The van der Waals surface area contributed by atoms with E-state index in [0.717, 1.165) is 11.1 Å². The smallest absolute Gasteiger partial charge is 0.344 e. The number of hydrogen-bond donors (Lipinski definition) is 1. The Morgan fingerprint density at radius 3 is 2.50 bits per heavy atom. The zero-order valence-corrected chi connectivity index (χ0v) is 15.9. The number of esters is 1. The largest absolute Gasteiger partial charge is 0.482 e. The first kappa shape index (κ1) is 20.1. The lowest BCUT2D eigenvalue weighted by molar-refractivity contribution is -0.150. The van der Waals surface area contributed by atoms with Gasteiger partial charge in [0.05, 0.1) is 16.1 Å². The molecule has 138 valence electrons. The molecule has 0 saturated carbocycles. The molecule has 1 amide bonds. The van der Waals surface area contributed by atoms with Crippen molar-refractivity contribution in [3.8, 4) is 5.75 Å².